The first-order valence-electron chi connectivity index (χ1n) is 10.2. The highest BCUT2D eigenvalue weighted by molar-refractivity contribution is 7.80. The summed E-state index contributed by atoms with van der Waals surface area (Å²) in [7, 11) is 0. The van der Waals surface area contributed by atoms with E-state index in [-0.39, 0.29) is 15.7 Å². The van der Waals surface area contributed by atoms with Crippen molar-refractivity contribution >= 4 is 52.5 Å². The van der Waals surface area contributed by atoms with E-state index in [1.165, 1.54) is 17.0 Å². The third-order valence-electron chi connectivity index (χ3n) is 5.85. The standard InChI is InChI=1S/C25H21ClFN3O2S/c1-13-6-5-7-22(15(13)3)30-24(32)19(23(31)28-25(30)33)11-17-10-14(2)29(16(17)4)18-8-9-21(27)20(26)12-18/h5-12H,1-4H3,(H,28,31,33)/b19-11+. The van der Waals surface area contributed by atoms with Crippen molar-refractivity contribution in [2.45, 2.75) is 27.7 Å². The number of carbonyl (C=O) groups is 2. The second kappa shape index (κ2) is 8.57. The summed E-state index contributed by atoms with van der Waals surface area (Å²) < 4.78 is 15.5. The number of nitrogens with one attached hydrogen (secondary N) is 1. The van der Waals surface area contributed by atoms with Crippen LogP contribution >= 0.6 is 23.8 Å². The number of aryl methyl sites for hydroxylation is 2. The molecule has 1 aliphatic heterocycles. The molecule has 0 bridgehead atoms. The van der Waals surface area contributed by atoms with E-state index in [0.29, 0.717) is 16.9 Å². The Labute approximate surface area is 201 Å². The van der Waals surface area contributed by atoms with Crippen LogP contribution in [0.5, 0.6) is 0 Å². The van der Waals surface area contributed by atoms with Gasteiger partial charge in [-0.2, -0.15) is 0 Å². The van der Waals surface area contributed by atoms with Crippen molar-refractivity contribution in [3.8, 4) is 5.69 Å². The van der Waals surface area contributed by atoms with E-state index in [2.05, 4.69) is 5.32 Å². The Morgan fingerprint density at radius 3 is 2.48 bits per heavy atom. The van der Waals surface area contributed by atoms with E-state index < -0.39 is 17.6 Å². The van der Waals surface area contributed by atoms with Crippen LogP contribution in [0.4, 0.5) is 10.1 Å². The van der Waals surface area contributed by atoms with E-state index >= 15 is 0 Å². The first-order chi connectivity index (χ1) is 15.6. The maximum atomic E-state index is 13.6. The second-order valence-electron chi connectivity index (χ2n) is 7.94. The Morgan fingerprint density at radius 1 is 1.06 bits per heavy atom. The molecule has 0 saturated carbocycles. The molecule has 2 heterocycles. The smallest absolute Gasteiger partial charge is 0.270 e. The predicted molar refractivity (Wildman–Crippen MR) is 132 cm³/mol. The fourth-order valence-corrected chi connectivity index (χ4v) is 4.41. The van der Waals surface area contributed by atoms with Crippen LogP contribution in [0.2, 0.25) is 5.02 Å². The molecule has 0 radical (unpaired) electrons. The zero-order valence-electron chi connectivity index (χ0n) is 18.5. The molecule has 1 aromatic heterocycles. The lowest BCUT2D eigenvalue weighted by Crippen LogP contribution is -2.54. The molecule has 1 fully saturated rings. The summed E-state index contributed by atoms with van der Waals surface area (Å²) in [6.07, 6.45) is 1.56. The Kier molecular flexibility index (Phi) is 5.95. The number of nitrogens with zero attached hydrogens (tertiary/aromatic N) is 2. The lowest BCUT2D eigenvalue weighted by molar-refractivity contribution is -0.122. The minimum atomic E-state index is -0.554. The van der Waals surface area contributed by atoms with Gasteiger partial charge < -0.3 is 4.57 Å². The summed E-state index contributed by atoms with van der Waals surface area (Å²) in [4.78, 5) is 27.5. The molecule has 5 nitrogen and oxygen atoms in total. The highest BCUT2D eigenvalue weighted by atomic mass is 35.5. The molecule has 33 heavy (non-hydrogen) atoms. The zero-order valence-corrected chi connectivity index (χ0v) is 20.1. The molecule has 168 valence electrons. The summed E-state index contributed by atoms with van der Waals surface area (Å²) in [6, 6.07) is 11.9. The fourth-order valence-electron chi connectivity index (χ4n) is 3.96. The largest absolute Gasteiger partial charge is 0.318 e. The van der Waals surface area contributed by atoms with Gasteiger partial charge in [0.2, 0.25) is 0 Å². The maximum Gasteiger partial charge on any atom is 0.270 e. The Balaban J connectivity index is 1.79. The van der Waals surface area contributed by atoms with Gasteiger partial charge in [-0.05, 0) is 93.0 Å². The Hall–Kier alpha value is -3.29. The van der Waals surface area contributed by atoms with Gasteiger partial charge in [-0.3, -0.25) is 19.8 Å². The van der Waals surface area contributed by atoms with Crippen LogP contribution in [0, 0.1) is 33.5 Å². The molecule has 0 unspecified atom stereocenters. The molecule has 4 rings (SSSR count). The summed E-state index contributed by atoms with van der Waals surface area (Å²) in [5.41, 5.74) is 5.48. The van der Waals surface area contributed by atoms with Crippen LogP contribution in [0.1, 0.15) is 28.1 Å². The third kappa shape index (κ3) is 3.98. The van der Waals surface area contributed by atoms with Gasteiger partial charge in [0.15, 0.2) is 5.11 Å². The minimum Gasteiger partial charge on any atom is -0.318 e. The van der Waals surface area contributed by atoms with Gasteiger partial charge in [-0.1, -0.05) is 23.7 Å². The van der Waals surface area contributed by atoms with Gasteiger partial charge in [-0.15, -0.1) is 0 Å². The van der Waals surface area contributed by atoms with Crippen LogP contribution in [0.25, 0.3) is 11.8 Å². The summed E-state index contributed by atoms with van der Waals surface area (Å²) in [5, 5.41) is 2.68. The van der Waals surface area contributed by atoms with Crippen LogP contribution < -0.4 is 10.2 Å². The molecule has 0 aliphatic carbocycles. The number of thiocarbonyl (C=S) groups is 1. The normalized spacial score (nSPS) is 15.4. The SMILES string of the molecule is Cc1cccc(N2C(=O)/C(=C/c3cc(C)n(-c4ccc(F)c(Cl)c4)c3C)C(=O)NC2=S)c1C. The average Bonchev–Trinajstić information content (AvgIpc) is 3.03. The number of anilines is 1. The minimum absolute atomic E-state index is 0.0134. The molecule has 2 aromatic carbocycles. The molecular formula is C25H21ClFN3O2S. The van der Waals surface area contributed by atoms with Crippen molar-refractivity contribution in [2.24, 2.45) is 0 Å². The molecule has 1 saturated heterocycles. The fraction of sp³-hybridized carbons (Fsp3) is 0.160. The van der Waals surface area contributed by atoms with Crippen LogP contribution in [0.3, 0.4) is 0 Å². The molecule has 3 aromatic rings. The molecule has 1 N–H and O–H groups in total. The number of benzene rings is 2. The topological polar surface area (TPSA) is 54.3 Å². The van der Waals surface area contributed by atoms with Gasteiger partial charge in [0.05, 0.1) is 10.7 Å². The average molecular weight is 482 g/mol. The first kappa shape index (κ1) is 22.9. The van der Waals surface area contributed by atoms with Crippen molar-refractivity contribution < 1.29 is 14.0 Å². The van der Waals surface area contributed by atoms with E-state index in [0.717, 1.165) is 22.5 Å². The van der Waals surface area contributed by atoms with Gasteiger partial charge in [-0.25, -0.2) is 4.39 Å². The number of amides is 2. The molecular weight excluding hydrogens is 461 g/mol. The highest BCUT2D eigenvalue weighted by Crippen LogP contribution is 2.29. The van der Waals surface area contributed by atoms with Crippen molar-refractivity contribution in [1.29, 1.82) is 0 Å². The monoisotopic (exact) mass is 481 g/mol. The second-order valence-corrected chi connectivity index (χ2v) is 8.73. The van der Waals surface area contributed by atoms with Crippen LogP contribution in [0.15, 0.2) is 48.0 Å². The highest BCUT2D eigenvalue weighted by Gasteiger charge is 2.35. The van der Waals surface area contributed by atoms with E-state index in [1.54, 1.807) is 18.2 Å². The Morgan fingerprint density at radius 2 is 1.79 bits per heavy atom. The van der Waals surface area contributed by atoms with E-state index in [4.69, 9.17) is 23.8 Å². The quantitative estimate of drug-likeness (QED) is 0.312. The van der Waals surface area contributed by atoms with Crippen molar-refractivity contribution in [3.05, 3.63) is 87.0 Å². The Bertz CT molecular complexity index is 1380. The maximum absolute atomic E-state index is 13.6. The van der Waals surface area contributed by atoms with Crippen molar-refractivity contribution in [2.75, 3.05) is 4.90 Å². The van der Waals surface area contributed by atoms with Gasteiger partial charge >= 0.3 is 0 Å². The first-order valence-corrected chi connectivity index (χ1v) is 11.0. The van der Waals surface area contributed by atoms with Crippen molar-refractivity contribution in [1.82, 2.24) is 9.88 Å². The predicted octanol–water partition coefficient (Wildman–Crippen LogP) is 5.33. The number of rotatable bonds is 3. The number of carbonyl (C=O) groups excluding carboxylic acids is 2. The van der Waals surface area contributed by atoms with Crippen molar-refractivity contribution in [3.63, 3.8) is 0 Å². The van der Waals surface area contributed by atoms with Crippen LogP contribution in [-0.4, -0.2) is 21.5 Å². The third-order valence-corrected chi connectivity index (χ3v) is 6.42. The molecule has 0 atom stereocenters. The van der Waals surface area contributed by atoms with Gasteiger partial charge in [0.1, 0.15) is 11.4 Å². The molecule has 2 amide bonds. The lowest BCUT2D eigenvalue weighted by Gasteiger charge is -2.30. The van der Waals surface area contributed by atoms with Gasteiger partial charge in [0, 0.05) is 17.1 Å². The number of hydrogen-bond acceptors (Lipinski definition) is 3. The lowest BCUT2D eigenvalue weighted by atomic mass is 10.0. The molecule has 1 aliphatic rings. The molecule has 0 spiro atoms. The summed E-state index contributed by atoms with van der Waals surface area (Å²) in [6.45, 7) is 7.59. The van der Waals surface area contributed by atoms with Crippen LogP contribution in [-0.2, 0) is 9.59 Å². The van der Waals surface area contributed by atoms with E-state index in [1.807, 2.05) is 50.5 Å². The molecule has 8 heteroatoms. The van der Waals surface area contributed by atoms with Gasteiger partial charge in [0.25, 0.3) is 11.8 Å². The summed E-state index contributed by atoms with van der Waals surface area (Å²) >= 11 is 11.3. The number of hydrogen-bond donors (Lipinski definition) is 1. The summed E-state index contributed by atoms with van der Waals surface area (Å²) in [5.74, 6) is -1.55. The number of aromatic nitrogens is 1. The number of halogens is 2. The van der Waals surface area contributed by atoms with E-state index in [9.17, 15) is 14.0 Å². The zero-order chi connectivity index (χ0) is 24.0.